The normalized spacial score (nSPS) is 21.5. The molecule has 7 heteroatoms. The third kappa shape index (κ3) is 5.25. The Morgan fingerprint density at radius 3 is 2.72 bits per heavy atom. The first-order valence-electron chi connectivity index (χ1n) is 12.2. The van der Waals surface area contributed by atoms with Gasteiger partial charge in [0.05, 0.1) is 5.69 Å². The topological polar surface area (TPSA) is 79.0 Å². The van der Waals surface area contributed by atoms with Gasteiger partial charge in [0.2, 0.25) is 0 Å². The second-order valence-electron chi connectivity index (χ2n) is 9.12. The molecule has 2 saturated carbocycles. The van der Waals surface area contributed by atoms with E-state index in [1.807, 2.05) is 26.0 Å². The van der Waals surface area contributed by atoms with E-state index in [9.17, 15) is 9.18 Å². The number of rotatable bonds is 7. The van der Waals surface area contributed by atoms with Crippen LogP contribution >= 0.6 is 0 Å². The average Bonchev–Trinajstić information content (AvgIpc) is 3.45. The summed E-state index contributed by atoms with van der Waals surface area (Å²) in [6.45, 7) is 4.02. The second-order valence-corrected chi connectivity index (χ2v) is 9.12. The molecule has 2 atom stereocenters. The molecule has 3 N–H and O–H groups in total. The number of benzene rings is 1. The van der Waals surface area contributed by atoms with Crippen LogP contribution in [0.2, 0.25) is 0 Å². The van der Waals surface area contributed by atoms with Crippen LogP contribution in [-0.2, 0) is 17.6 Å². The van der Waals surface area contributed by atoms with E-state index >= 15 is 0 Å². The van der Waals surface area contributed by atoms with Crippen molar-refractivity contribution in [2.45, 2.75) is 96.1 Å². The van der Waals surface area contributed by atoms with Gasteiger partial charge < -0.3 is 15.4 Å². The molecule has 1 heterocycles. The lowest BCUT2D eigenvalue weighted by atomic mass is 9.96. The molecule has 2 aliphatic carbocycles. The summed E-state index contributed by atoms with van der Waals surface area (Å²) in [5.41, 5.74) is 3.25. The third-order valence-corrected chi connectivity index (χ3v) is 6.96. The minimum atomic E-state index is -0.285. The first-order chi connectivity index (χ1) is 15.6. The number of alkyl carbamates (subject to hydrolysis) is 1. The number of aromatic nitrogens is 2. The first kappa shape index (κ1) is 22.6. The lowest BCUT2D eigenvalue weighted by Crippen LogP contribution is -2.38. The molecule has 2 aromatic rings. The van der Waals surface area contributed by atoms with Crippen LogP contribution in [0.4, 0.5) is 20.7 Å². The van der Waals surface area contributed by atoms with Crippen molar-refractivity contribution in [2.75, 3.05) is 5.32 Å². The molecule has 0 spiro atoms. The number of aryl methyl sites for hydroxylation is 1. The van der Waals surface area contributed by atoms with E-state index in [1.165, 1.54) is 19.3 Å². The summed E-state index contributed by atoms with van der Waals surface area (Å²) in [5, 5.41) is 13.6. The van der Waals surface area contributed by atoms with Crippen molar-refractivity contribution in [3.05, 3.63) is 40.8 Å². The van der Waals surface area contributed by atoms with Gasteiger partial charge in [0, 0.05) is 23.7 Å². The van der Waals surface area contributed by atoms with Crippen molar-refractivity contribution in [3.8, 4) is 0 Å². The summed E-state index contributed by atoms with van der Waals surface area (Å²) in [4.78, 5) is 12.2. The Hall–Kier alpha value is -2.57. The summed E-state index contributed by atoms with van der Waals surface area (Å²) >= 11 is 0. The minimum Gasteiger partial charge on any atom is -0.446 e. The molecular formula is C25H35FN4O2. The number of anilines is 2. The quantitative estimate of drug-likeness (QED) is 0.483. The van der Waals surface area contributed by atoms with Gasteiger partial charge >= 0.3 is 6.09 Å². The maximum Gasteiger partial charge on any atom is 0.407 e. The molecule has 4 rings (SSSR count). The molecule has 1 amide bonds. The molecule has 32 heavy (non-hydrogen) atoms. The number of hydrogen-bond donors (Lipinski definition) is 3. The van der Waals surface area contributed by atoms with E-state index < -0.39 is 0 Å². The number of nitrogens with zero attached hydrogens (tertiary/aromatic N) is 1. The minimum absolute atomic E-state index is 0.0746. The number of H-pyrrole nitrogens is 1. The molecule has 174 valence electrons. The van der Waals surface area contributed by atoms with Gasteiger partial charge in [-0.15, -0.1) is 0 Å². The molecule has 0 aliphatic heterocycles. The number of ether oxygens (including phenoxy) is 1. The van der Waals surface area contributed by atoms with Gasteiger partial charge in [-0.05, 0) is 62.1 Å². The smallest absolute Gasteiger partial charge is 0.407 e. The monoisotopic (exact) mass is 442 g/mol. The molecule has 6 nitrogen and oxygen atoms in total. The van der Waals surface area contributed by atoms with Crippen molar-refractivity contribution in [2.24, 2.45) is 0 Å². The fraction of sp³-hybridized carbons (Fsp3) is 0.600. The third-order valence-electron chi connectivity index (χ3n) is 6.96. The zero-order valence-electron chi connectivity index (χ0n) is 19.2. The summed E-state index contributed by atoms with van der Waals surface area (Å²) in [5.74, 6) is 0.656. The molecule has 0 saturated heterocycles. The maximum absolute atomic E-state index is 14.9. The highest BCUT2D eigenvalue weighted by Crippen LogP contribution is 2.36. The lowest BCUT2D eigenvalue weighted by molar-refractivity contribution is 0.0952. The SMILES string of the molecule is CCc1ccc(Nc2cc(C3CCC(OC(=O)NC4CCCCC4)C3)[nH]n2)c(F)c1CC. The number of carbonyl (C=O) groups is 1. The highest BCUT2D eigenvalue weighted by Gasteiger charge is 2.30. The van der Waals surface area contributed by atoms with Gasteiger partial charge in [0.15, 0.2) is 5.82 Å². The van der Waals surface area contributed by atoms with Gasteiger partial charge in [-0.25, -0.2) is 9.18 Å². The van der Waals surface area contributed by atoms with E-state index in [0.717, 1.165) is 55.3 Å². The van der Waals surface area contributed by atoms with Gasteiger partial charge in [-0.2, -0.15) is 5.10 Å². The molecule has 2 aliphatic rings. The van der Waals surface area contributed by atoms with Crippen LogP contribution in [0.25, 0.3) is 0 Å². The van der Waals surface area contributed by atoms with Crippen LogP contribution in [0.1, 0.15) is 88.0 Å². The number of nitrogens with one attached hydrogen (secondary N) is 3. The van der Waals surface area contributed by atoms with Gasteiger partial charge in [-0.1, -0.05) is 39.2 Å². The van der Waals surface area contributed by atoms with Crippen molar-refractivity contribution in [1.29, 1.82) is 0 Å². The van der Waals surface area contributed by atoms with Crippen molar-refractivity contribution < 1.29 is 13.9 Å². The number of amides is 1. The summed E-state index contributed by atoms with van der Waals surface area (Å²) in [6.07, 6.45) is 9.39. The molecule has 1 aromatic heterocycles. The van der Waals surface area contributed by atoms with E-state index in [0.29, 0.717) is 17.9 Å². The van der Waals surface area contributed by atoms with Crippen molar-refractivity contribution >= 4 is 17.6 Å². The lowest BCUT2D eigenvalue weighted by Gasteiger charge is -2.23. The largest absolute Gasteiger partial charge is 0.446 e. The van der Waals surface area contributed by atoms with Crippen molar-refractivity contribution in [3.63, 3.8) is 0 Å². The van der Waals surface area contributed by atoms with Crippen LogP contribution in [0, 0.1) is 5.82 Å². The maximum atomic E-state index is 14.9. The fourth-order valence-electron chi connectivity index (χ4n) is 5.15. The summed E-state index contributed by atoms with van der Waals surface area (Å²) in [6, 6.07) is 5.96. The summed E-state index contributed by atoms with van der Waals surface area (Å²) < 4.78 is 20.6. The molecule has 0 bridgehead atoms. The Morgan fingerprint density at radius 2 is 1.97 bits per heavy atom. The predicted octanol–water partition coefficient (Wildman–Crippen LogP) is 6.11. The highest BCUT2D eigenvalue weighted by atomic mass is 19.1. The van der Waals surface area contributed by atoms with E-state index in [1.54, 1.807) is 6.07 Å². The first-order valence-corrected chi connectivity index (χ1v) is 12.2. The molecule has 2 unspecified atom stereocenters. The molecule has 2 fully saturated rings. The van der Waals surface area contributed by atoms with Crippen LogP contribution in [0.5, 0.6) is 0 Å². The number of halogens is 1. The molecule has 0 radical (unpaired) electrons. The van der Waals surface area contributed by atoms with Gasteiger partial charge in [0.25, 0.3) is 0 Å². The number of carbonyl (C=O) groups excluding carboxylic acids is 1. The number of aromatic amines is 1. The predicted molar refractivity (Wildman–Crippen MR) is 124 cm³/mol. The zero-order chi connectivity index (χ0) is 22.5. The van der Waals surface area contributed by atoms with Crippen LogP contribution in [-0.4, -0.2) is 28.4 Å². The Balaban J connectivity index is 1.32. The summed E-state index contributed by atoms with van der Waals surface area (Å²) in [7, 11) is 0. The van der Waals surface area contributed by atoms with Gasteiger partial charge in [-0.3, -0.25) is 5.10 Å². The zero-order valence-corrected chi connectivity index (χ0v) is 19.2. The Labute approximate surface area is 189 Å². The molecular weight excluding hydrogens is 407 g/mol. The van der Waals surface area contributed by atoms with E-state index in [2.05, 4.69) is 20.8 Å². The highest BCUT2D eigenvalue weighted by molar-refractivity contribution is 5.67. The van der Waals surface area contributed by atoms with E-state index in [-0.39, 0.29) is 30.0 Å². The standard InChI is InChI=1S/C25H35FN4O2/c1-3-16-11-13-21(24(26)20(16)4-2)28-23-15-22(29-30-23)17-10-12-19(14-17)32-25(31)27-18-8-6-5-7-9-18/h11,13,15,17-19H,3-10,12,14H2,1-2H3,(H,27,31)(H2,28,29,30). The Bertz CT molecular complexity index is 923. The van der Waals surface area contributed by atoms with Crippen LogP contribution in [0.3, 0.4) is 0 Å². The Morgan fingerprint density at radius 1 is 1.16 bits per heavy atom. The van der Waals surface area contributed by atoms with E-state index in [4.69, 9.17) is 4.74 Å². The average molecular weight is 443 g/mol. The van der Waals surface area contributed by atoms with Crippen LogP contribution in [0.15, 0.2) is 18.2 Å². The van der Waals surface area contributed by atoms with Gasteiger partial charge in [0.1, 0.15) is 11.9 Å². The second kappa shape index (κ2) is 10.4. The Kier molecular flexibility index (Phi) is 7.33. The molecule has 1 aromatic carbocycles. The number of hydrogen-bond acceptors (Lipinski definition) is 4. The fourth-order valence-corrected chi connectivity index (χ4v) is 5.15. The van der Waals surface area contributed by atoms with Crippen molar-refractivity contribution in [1.82, 2.24) is 15.5 Å². The van der Waals surface area contributed by atoms with Crippen LogP contribution < -0.4 is 10.6 Å².